The van der Waals surface area contributed by atoms with E-state index in [9.17, 15) is 9.59 Å². The first kappa shape index (κ1) is 16.3. The largest absolute Gasteiger partial charge is 0.465 e. The van der Waals surface area contributed by atoms with Crippen molar-refractivity contribution in [2.24, 2.45) is 0 Å². The third-order valence-electron chi connectivity index (χ3n) is 2.84. The molecule has 0 aliphatic heterocycles. The number of carbonyl (C=O) groups excluding carboxylic acids is 2. The summed E-state index contributed by atoms with van der Waals surface area (Å²) in [6.45, 7) is 0. The molecule has 0 radical (unpaired) electrons. The van der Waals surface area contributed by atoms with Crippen molar-refractivity contribution in [1.82, 2.24) is 4.98 Å². The van der Waals surface area contributed by atoms with E-state index >= 15 is 0 Å². The molecule has 0 unspecified atom stereocenters. The molecule has 22 heavy (non-hydrogen) atoms. The van der Waals surface area contributed by atoms with Gasteiger partial charge in [0.25, 0.3) is 0 Å². The minimum absolute atomic E-state index is 0.0349. The number of carbonyl (C=O) groups is 2. The number of nitrogens with zero attached hydrogens (tertiary/aromatic N) is 1. The van der Waals surface area contributed by atoms with Gasteiger partial charge in [-0.3, -0.25) is 4.79 Å². The van der Waals surface area contributed by atoms with Crippen molar-refractivity contribution in [2.75, 3.05) is 12.4 Å². The van der Waals surface area contributed by atoms with Gasteiger partial charge in [0, 0.05) is 16.2 Å². The molecule has 114 valence electrons. The summed E-state index contributed by atoms with van der Waals surface area (Å²) >= 11 is 11.8. The van der Waals surface area contributed by atoms with Crippen molar-refractivity contribution in [3.63, 3.8) is 0 Å². The van der Waals surface area contributed by atoms with Crippen LogP contribution in [0.5, 0.6) is 0 Å². The van der Waals surface area contributed by atoms with E-state index in [1.165, 1.54) is 19.4 Å². The summed E-state index contributed by atoms with van der Waals surface area (Å²) in [5.74, 6) is -0.787. The monoisotopic (exact) mass is 338 g/mol. The molecule has 0 aliphatic rings. The van der Waals surface area contributed by atoms with E-state index in [-0.39, 0.29) is 23.7 Å². The summed E-state index contributed by atoms with van der Waals surface area (Å²) in [4.78, 5) is 27.7. The third kappa shape index (κ3) is 3.96. The van der Waals surface area contributed by atoms with Crippen LogP contribution in [-0.2, 0) is 16.0 Å². The third-order valence-corrected chi connectivity index (χ3v) is 3.42. The molecule has 2 rings (SSSR count). The summed E-state index contributed by atoms with van der Waals surface area (Å²) in [7, 11) is 1.26. The Morgan fingerprint density at radius 1 is 1.27 bits per heavy atom. The summed E-state index contributed by atoms with van der Waals surface area (Å²) in [6.07, 6.45) is 1.50. The number of methoxy groups -OCH3 is 1. The molecule has 7 heteroatoms. The molecule has 0 saturated carbocycles. The van der Waals surface area contributed by atoms with Crippen LogP contribution < -0.4 is 5.32 Å². The fourth-order valence-corrected chi connectivity index (χ4v) is 2.27. The zero-order valence-corrected chi connectivity index (χ0v) is 13.1. The van der Waals surface area contributed by atoms with Crippen molar-refractivity contribution in [1.29, 1.82) is 0 Å². The molecule has 1 heterocycles. The van der Waals surface area contributed by atoms with E-state index in [1.807, 2.05) is 0 Å². The smallest absolute Gasteiger partial charge is 0.341 e. The zero-order valence-electron chi connectivity index (χ0n) is 11.6. The van der Waals surface area contributed by atoms with Crippen LogP contribution in [0, 0.1) is 0 Å². The number of aromatic nitrogens is 1. The quantitative estimate of drug-likeness (QED) is 0.868. The van der Waals surface area contributed by atoms with Crippen LogP contribution in [0.3, 0.4) is 0 Å². The number of rotatable bonds is 4. The van der Waals surface area contributed by atoms with Crippen LogP contribution in [0.4, 0.5) is 5.82 Å². The van der Waals surface area contributed by atoms with E-state index in [0.717, 1.165) is 0 Å². The maximum Gasteiger partial charge on any atom is 0.341 e. The minimum atomic E-state index is -0.576. The minimum Gasteiger partial charge on any atom is -0.465 e. The first-order valence-electron chi connectivity index (χ1n) is 6.28. The number of nitrogens with one attached hydrogen (secondary N) is 1. The van der Waals surface area contributed by atoms with Gasteiger partial charge in [-0.2, -0.15) is 0 Å². The summed E-state index contributed by atoms with van der Waals surface area (Å²) in [5, 5.41) is 3.47. The van der Waals surface area contributed by atoms with Crippen LogP contribution >= 0.6 is 23.2 Å². The summed E-state index contributed by atoms with van der Waals surface area (Å²) in [5.41, 5.74) is 0.805. The Kier molecular flexibility index (Phi) is 5.35. The number of esters is 1. The Balaban J connectivity index is 2.14. The second-order valence-electron chi connectivity index (χ2n) is 4.35. The van der Waals surface area contributed by atoms with E-state index in [0.29, 0.717) is 15.6 Å². The van der Waals surface area contributed by atoms with Gasteiger partial charge in [-0.15, -0.1) is 0 Å². The summed E-state index contributed by atoms with van der Waals surface area (Å²) in [6, 6.07) is 7.98. The number of halogens is 2. The standard InChI is InChI=1S/C15H12Cl2N2O3/c1-22-15(21)11-3-2-6-18-14(11)19-13(20)7-9-4-5-10(16)8-12(9)17/h2-6,8H,7H2,1H3,(H,18,19,20). The lowest BCUT2D eigenvalue weighted by Gasteiger charge is -2.09. The Hall–Kier alpha value is -2.11. The molecule has 0 bridgehead atoms. The molecular weight excluding hydrogens is 327 g/mol. The van der Waals surface area contributed by atoms with Crippen LogP contribution in [0.2, 0.25) is 10.0 Å². The van der Waals surface area contributed by atoms with Crippen molar-refractivity contribution in [3.05, 3.63) is 57.7 Å². The van der Waals surface area contributed by atoms with Crippen molar-refractivity contribution in [3.8, 4) is 0 Å². The maximum atomic E-state index is 12.1. The van der Waals surface area contributed by atoms with Crippen LogP contribution in [-0.4, -0.2) is 24.0 Å². The van der Waals surface area contributed by atoms with E-state index < -0.39 is 5.97 Å². The van der Waals surface area contributed by atoms with E-state index in [2.05, 4.69) is 15.0 Å². The van der Waals surface area contributed by atoms with Gasteiger partial charge in [-0.05, 0) is 29.8 Å². The predicted molar refractivity (Wildman–Crippen MR) is 84.4 cm³/mol. The number of amides is 1. The van der Waals surface area contributed by atoms with Gasteiger partial charge >= 0.3 is 5.97 Å². The topological polar surface area (TPSA) is 68.3 Å². The maximum absolute atomic E-state index is 12.1. The lowest BCUT2D eigenvalue weighted by Crippen LogP contribution is -2.18. The van der Waals surface area contributed by atoms with Crippen molar-refractivity contribution in [2.45, 2.75) is 6.42 Å². The summed E-state index contributed by atoms with van der Waals surface area (Å²) < 4.78 is 4.64. The van der Waals surface area contributed by atoms with Crippen LogP contribution in [0.15, 0.2) is 36.5 Å². The first-order valence-corrected chi connectivity index (χ1v) is 7.04. The molecular formula is C15H12Cl2N2O3. The molecule has 2 aromatic rings. The van der Waals surface area contributed by atoms with Gasteiger partial charge in [-0.25, -0.2) is 9.78 Å². The SMILES string of the molecule is COC(=O)c1cccnc1NC(=O)Cc1ccc(Cl)cc1Cl. The molecule has 0 aliphatic carbocycles. The lowest BCUT2D eigenvalue weighted by atomic mass is 10.1. The normalized spacial score (nSPS) is 10.1. The van der Waals surface area contributed by atoms with Gasteiger partial charge in [0.1, 0.15) is 11.4 Å². The average Bonchev–Trinajstić information content (AvgIpc) is 2.50. The Morgan fingerprint density at radius 3 is 2.73 bits per heavy atom. The van der Waals surface area contributed by atoms with Gasteiger partial charge in [0.15, 0.2) is 0 Å². The molecule has 1 N–H and O–H groups in total. The van der Waals surface area contributed by atoms with Crippen molar-refractivity contribution >= 4 is 40.9 Å². The highest BCUT2D eigenvalue weighted by atomic mass is 35.5. The molecule has 0 fully saturated rings. The Bertz CT molecular complexity index is 720. The fraction of sp³-hybridized carbons (Fsp3) is 0.133. The highest BCUT2D eigenvalue weighted by Gasteiger charge is 2.15. The predicted octanol–water partition coefficient (Wildman–Crippen LogP) is 3.36. The highest BCUT2D eigenvalue weighted by molar-refractivity contribution is 6.35. The molecule has 5 nitrogen and oxygen atoms in total. The highest BCUT2D eigenvalue weighted by Crippen LogP contribution is 2.22. The fourth-order valence-electron chi connectivity index (χ4n) is 1.79. The van der Waals surface area contributed by atoms with Gasteiger partial charge < -0.3 is 10.1 Å². The second kappa shape index (κ2) is 7.24. The number of hydrogen-bond acceptors (Lipinski definition) is 4. The number of pyridine rings is 1. The Labute approximate surface area is 137 Å². The zero-order chi connectivity index (χ0) is 16.1. The molecule has 0 atom stereocenters. The van der Waals surface area contributed by atoms with Gasteiger partial charge in [-0.1, -0.05) is 29.3 Å². The number of benzene rings is 1. The molecule has 0 saturated heterocycles. The van der Waals surface area contributed by atoms with E-state index in [1.54, 1.807) is 24.3 Å². The number of anilines is 1. The number of ether oxygens (including phenoxy) is 1. The Morgan fingerprint density at radius 2 is 2.05 bits per heavy atom. The average molecular weight is 339 g/mol. The second-order valence-corrected chi connectivity index (χ2v) is 5.20. The first-order chi connectivity index (χ1) is 10.5. The molecule has 1 aromatic carbocycles. The lowest BCUT2D eigenvalue weighted by molar-refractivity contribution is -0.115. The van der Waals surface area contributed by atoms with Crippen molar-refractivity contribution < 1.29 is 14.3 Å². The number of hydrogen-bond donors (Lipinski definition) is 1. The molecule has 1 aromatic heterocycles. The van der Waals surface area contributed by atoms with Gasteiger partial charge in [0.2, 0.25) is 5.91 Å². The van der Waals surface area contributed by atoms with E-state index in [4.69, 9.17) is 23.2 Å². The molecule has 1 amide bonds. The van der Waals surface area contributed by atoms with Crippen LogP contribution in [0.25, 0.3) is 0 Å². The van der Waals surface area contributed by atoms with Gasteiger partial charge in [0.05, 0.1) is 13.5 Å². The molecule has 0 spiro atoms. The van der Waals surface area contributed by atoms with Crippen LogP contribution in [0.1, 0.15) is 15.9 Å².